The van der Waals surface area contributed by atoms with Gasteiger partial charge in [-0.3, -0.25) is 4.79 Å². The van der Waals surface area contributed by atoms with Crippen LogP contribution >= 0.6 is 0 Å². The minimum absolute atomic E-state index is 0.00351. The second-order valence-electron chi connectivity index (χ2n) is 4.38. The Kier molecular flexibility index (Phi) is 4.70. The lowest BCUT2D eigenvalue weighted by Crippen LogP contribution is -2.34. The molecule has 1 aromatic rings. The van der Waals surface area contributed by atoms with Crippen molar-refractivity contribution in [2.24, 2.45) is 0 Å². The van der Waals surface area contributed by atoms with Gasteiger partial charge in [-0.15, -0.1) is 0 Å². The monoisotopic (exact) mass is 235 g/mol. The fraction of sp³-hybridized carbons (Fsp3) is 0.500. The van der Waals surface area contributed by atoms with Gasteiger partial charge >= 0.3 is 0 Å². The van der Waals surface area contributed by atoms with Gasteiger partial charge in [-0.25, -0.2) is 0 Å². The highest BCUT2D eigenvalue weighted by Crippen LogP contribution is 2.18. The van der Waals surface area contributed by atoms with Gasteiger partial charge in [-0.1, -0.05) is 17.7 Å². The number of amides is 1. The van der Waals surface area contributed by atoms with E-state index >= 15 is 0 Å². The van der Waals surface area contributed by atoms with Gasteiger partial charge in [0.2, 0.25) is 0 Å². The average molecular weight is 235 g/mol. The van der Waals surface area contributed by atoms with Crippen LogP contribution < -0.4 is 0 Å². The lowest BCUT2D eigenvalue weighted by atomic mass is 9.99. The van der Waals surface area contributed by atoms with Crippen molar-refractivity contribution in [2.45, 2.75) is 27.7 Å². The molecule has 1 amide bonds. The number of carbonyl (C=O) groups is 1. The summed E-state index contributed by atoms with van der Waals surface area (Å²) in [6.07, 6.45) is 0. The van der Waals surface area contributed by atoms with Crippen molar-refractivity contribution in [2.75, 3.05) is 19.7 Å². The molecule has 0 atom stereocenters. The second-order valence-corrected chi connectivity index (χ2v) is 4.38. The Morgan fingerprint density at radius 2 is 1.76 bits per heavy atom. The summed E-state index contributed by atoms with van der Waals surface area (Å²) in [7, 11) is 0. The highest BCUT2D eigenvalue weighted by molar-refractivity contribution is 5.97. The highest BCUT2D eigenvalue weighted by Gasteiger charge is 2.18. The van der Waals surface area contributed by atoms with E-state index in [9.17, 15) is 4.79 Å². The van der Waals surface area contributed by atoms with Gasteiger partial charge in [-0.05, 0) is 38.8 Å². The van der Waals surface area contributed by atoms with Crippen molar-refractivity contribution in [3.63, 3.8) is 0 Å². The van der Waals surface area contributed by atoms with E-state index in [-0.39, 0.29) is 12.5 Å². The van der Waals surface area contributed by atoms with E-state index in [0.717, 1.165) is 16.7 Å². The third-order valence-corrected chi connectivity index (χ3v) is 2.93. The third kappa shape index (κ3) is 3.07. The van der Waals surface area contributed by atoms with Crippen LogP contribution in [0.1, 0.15) is 34.0 Å². The quantitative estimate of drug-likeness (QED) is 0.868. The number of hydrogen-bond acceptors (Lipinski definition) is 2. The minimum Gasteiger partial charge on any atom is -0.395 e. The zero-order chi connectivity index (χ0) is 13.0. The predicted molar refractivity (Wildman–Crippen MR) is 69.3 cm³/mol. The molecular formula is C14H21NO2. The zero-order valence-electron chi connectivity index (χ0n) is 11.1. The van der Waals surface area contributed by atoms with Crippen LogP contribution in [-0.4, -0.2) is 35.6 Å². The highest BCUT2D eigenvalue weighted by atomic mass is 16.3. The van der Waals surface area contributed by atoms with Crippen LogP contribution in [0, 0.1) is 20.8 Å². The van der Waals surface area contributed by atoms with E-state index in [2.05, 4.69) is 0 Å². The molecule has 1 rings (SSSR count). The lowest BCUT2D eigenvalue weighted by Gasteiger charge is -2.22. The van der Waals surface area contributed by atoms with Crippen molar-refractivity contribution in [3.05, 3.63) is 34.4 Å². The van der Waals surface area contributed by atoms with Gasteiger partial charge in [0.1, 0.15) is 0 Å². The maximum absolute atomic E-state index is 12.3. The van der Waals surface area contributed by atoms with E-state index < -0.39 is 0 Å². The first-order valence-electron chi connectivity index (χ1n) is 5.99. The average Bonchev–Trinajstić information content (AvgIpc) is 2.24. The molecule has 0 aliphatic rings. The van der Waals surface area contributed by atoms with Crippen LogP contribution in [0.4, 0.5) is 0 Å². The van der Waals surface area contributed by atoms with Crippen LogP contribution in [0.15, 0.2) is 12.1 Å². The standard InChI is InChI=1S/C14H21NO2/c1-5-15(6-7-16)14(17)13-11(3)8-10(2)9-12(13)4/h8-9,16H,5-7H2,1-4H3. The van der Waals surface area contributed by atoms with E-state index in [0.29, 0.717) is 13.1 Å². The summed E-state index contributed by atoms with van der Waals surface area (Å²) < 4.78 is 0. The summed E-state index contributed by atoms with van der Waals surface area (Å²) in [6.45, 7) is 8.88. The van der Waals surface area contributed by atoms with Crippen LogP contribution in [0.5, 0.6) is 0 Å². The van der Waals surface area contributed by atoms with Crippen molar-refractivity contribution < 1.29 is 9.90 Å². The molecule has 1 N–H and O–H groups in total. The molecule has 0 heterocycles. The number of aliphatic hydroxyl groups is 1. The van der Waals surface area contributed by atoms with E-state index in [1.165, 1.54) is 5.56 Å². The Balaban J connectivity index is 3.11. The fourth-order valence-electron chi connectivity index (χ4n) is 2.20. The minimum atomic E-state index is 0.00351. The molecule has 17 heavy (non-hydrogen) atoms. The molecule has 0 unspecified atom stereocenters. The first kappa shape index (κ1) is 13.7. The van der Waals surface area contributed by atoms with E-state index in [1.54, 1.807) is 4.90 Å². The molecule has 0 aliphatic carbocycles. The number of likely N-dealkylation sites (N-methyl/N-ethyl adjacent to an activating group) is 1. The topological polar surface area (TPSA) is 40.5 Å². The largest absolute Gasteiger partial charge is 0.395 e. The Bertz CT molecular complexity index is 390. The molecule has 0 spiro atoms. The van der Waals surface area contributed by atoms with Crippen molar-refractivity contribution in [3.8, 4) is 0 Å². The molecule has 1 aromatic carbocycles. The molecule has 0 radical (unpaired) electrons. The van der Waals surface area contributed by atoms with Crippen LogP contribution in [0.2, 0.25) is 0 Å². The van der Waals surface area contributed by atoms with Crippen molar-refractivity contribution in [1.29, 1.82) is 0 Å². The number of nitrogens with zero attached hydrogens (tertiary/aromatic N) is 1. The zero-order valence-corrected chi connectivity index (χ0v) is 11.1. The molecule has 0 saturated carbocycles. The predicted octanol–water partition coefficient (Wildman–Crippen LogP) is 2.07. The van der Waals surface area contributed by atoms with Gasteiger partial charge in [0.25, 0.3) is 5.91 Å². The number of aliphatic hydroxyl groups excluding tert-OH is 1. The van der Waals surface area contributed by atoms with E-state index in [1.807, 2.05) is 39.8 Å². The number of benzene rings is 1. The number of rotatable bonds is 4. The van der Waals surface area contributed by atoms with Crippen LogP contribution in [0.3, 0.4) is 0 Å². The van der Waals surface area contributed by atoms with Crippen LogP contribution in [0.25, 0.3) is 0 Å². The SMILES string of the molecule is CCN(CCO)C(=O)c1c(C)cc(C)cc1C. The Morgan fingerprint density at radius 3 is 2.18 bits per heavy atom. The first-order chi connectivity index (χ1) is 8.01. The van der Waals surface area contributed by atoms with Crippen molar-refractivity contribution in [1.82, 2.24) is 4.90 Å². The van der Waals surface area contributed by atoms with Crippen LogP contribution in [-0.2, 0) is 0 Å². The Hall–Kier alpha value is -1.35. The molecule has 0 bridgehead atoms. The van der Waals surface area contributed by atoms with Gasteiger partial charge < -0.3 is 10.0 Å². The summed E-state index contributed by atoms with van der Waals surface area (Å²) >= 11 is 0. The van der Waals surface area contributed by atoms with E-state index in [4.69, 9.17) is 5.11 Å². The number of carbonyl (C=O) groups excluding carboxylic acids is 1. The smallest absolute Gasteiger partial charge is 0.254 e. The number of aryl methyl sites for hydroxylation is 3. The lowest BCUT2D eigenvalue weighted by molar-refractivity contribution is 0.0730. The maximum atomic E-state index is 12.3. The van der Waals surface area contributed by atoms with Crippen molar-refractivity contribution >= 4 is 5.91 Å². The third-order valence-electron chi connectivity index (χ3n) is 2.93. The van der Waals surface area contributed by atoms with Gasteiger partial charge in [0.15, 0.2) is 0 Å². The molecular weight excluding hydrogens is 214 g/mol. The Labute approximate surface area is 103 Å². The first-order valence-corrected chi connectivity index (χ1v) is 5.99. The fourth-order valence-corrected chi connectivity index (χ4v) is 2.20. The molecule has 3 nitrogen and oxygen atoms in total. The Morgan fingerprint density at radius 1 is 1.24 bits per heavy atom. The molecule has 0 aromatic heterocycles. The molecule has 3 heteroatoms. The molecule has 94 valence electrons. The molecule has 0 saturated heterocycles. The summed E-state index contributed by atoms with van der Waals surface area (Å²) in [5, 5.41) is 8.95. The molecule has 0 aliphatic heterocycles. The normalized spacial score (nSPS) is 10.4. The molecule has 0 fully saturated rings. The summed E-state index contributed by atoms with van der Waals surface area (Å²) in [5.74, 6) is 0.0107. The summed E-state index contributed by atoms with van der Waals surface area (Å²) in [5.41, 5.74) is 3.94. The van der Waals surface area contributed by atoms with Gasteiger partial charge in [0.05, 0.1) is 6.61 Å². The maximum Gasteiger partial charge on any atom is 0.254 e. The number of hydrogen-bond donors (Lipinski definition) is 1. The second kappa shape index (κ2) is 5.82. The summed E-state index contributed by atoms with van der Waals surface area (Å²) in [4.78, 5) is 14.0. The van der Waals surface area contributed by atoms with Gasteiger partial charge in [0, 0.05) is 18.7 Å². The summed E-state index contributed by atoms with van der Waals surface area (Å²) in [6, 6.07) is 4.04. The van der Waals surface area contributed by atoms with Gasteiger partial charge in [-0.2, -0.15) is 0 Å².